The van der Waals surface area contributed by atoms with Crippen molar-refractivity contribution in [2.75, 3.05) is 12.8 Å². The Morgan fingerprint density at radius 2 is 2.25 bits per heavy atom. The van der Waals surface area contributed by atoms with Crippen LogP contribution in [0.4, 0.5) is 5.82 Å². The van der Waals surface area contributed by atoms with Crippen molar-refractivity contribution in [2.24, 2.45) is 7.05 Å². The smallest absolute Gasteiger partial charge is 0.216 e. The van der Waals surface area contributed by atoms with Crippen LogP contribution in [0.25, 0.3) is 0 Å². The first-order chi connectivity index (χ1) is 7.63. The topological polar surface area (TPSA) is 70.9 Å². The predicted octanol–water partition coefficient (Wildman–Crippen LogP) is 0.564. The number of rotatable bonds is 3. The molecule has 0 aliphatic carbocycles. The molecule has 0 unspecified atom stereocenters. The van der Waals surface area contributed by atoms with Gasteiger partial charge in [0, 0.05) is 7.05 Å². The van der Waals surface area contributed by atoms with Crippen molar-refractivity contribution in [1.82, 2.24) is 19.6 Å². The first-order valence-electron chi connectivity index (χ1n) is 4.97. The van der Waals surface area contributed by atoms with E-state index in [9.17, 15) is 0 Å². The fourth-order valence-corrected chi connectivity index (χ4v) is 1.74. The summed E-state index contributed by atoms with van der Waals surface area (Å²) >= 11 is 0. The van der Waals surface area contributed by atoms with E-state index in [0.717, 1.165) is 17.1 Å². The van der Waals surface area contributed by atoms with Crippen LogP contribution in [0, 0.1) is 6.92 Å². The molecule has 2 aromatic heterocycles. The van der Waals surface area contributed by atoms with Gasteiger partial charge in [-0.3, -0.25) is 0 Å². The number of ether oxygens (including phenoxy) is 1. The standard InChI is InChI=1S/C10H15N5O/c1-7-8(10(16-3)14(2)13-7)6-15-9(11)4-5-12-15/h4-5H,6,11H2,1-3H3. The minimum Gasteiger partial charge on any atom is -0.481 e. The molecule has 2 aromatic rings. The number of nitrogen functional groups attached to an aromatic ring is 1. The quantitative estimate of drug-likeness (QED) is 0.822. The van der Waals surface area contributed by atoms with Gasteiger partial charge in [0.15, 0.2) is 0 Å². The molecule has 86 valence electrons. The number of aromatic nitrogens is 4. The zero-order chi connectivity index (χ0) is 11.7. The fraction of sp³-hybridized carbons (Fsp3) is 0.400. The highest BCUT2D eigenvalue weighted by atomic mass is 16.5. The van der Waals surface area contributed by atoms with Gasteiger partial charge in [-0.1, -0.05) is 0 Å². The maximum absolute atomic E-state index is 5.77. The minimum absolute atomic E-state index is 0.571. The van der Waals surface area contributed by atoms with Gasteiger partial charge in [0.2, 0.25) is 5.88 Å². The molecule has 0 aliphatic rings. The summed E-state index contributed by atoms with van der Waals surface area (Å²) in [7, 11) is 3.48. The van der Waals surface area contributed by atoms with E-state index in [4.69, 9.17) is 10.5 Å². The van der Waals surface area contributed by atoms with Crippen LogP contribution in [0.5, 0.6) is 5.88 Å². The van der Waals surface area contributed by atoms with Crippen LogP contribution in [0.2, 0.25) is 0 Å². The first kappa shape index (κ1) is 10.5. The van der Waals surface area contributed by atoms with Gasteiger partial charge in [-0.25, -0.2) is 9.36 Å². The molecule has 0 aromatic carbocycles. The van der Waals surface area contributed by atoms with Crippen LogP contribution in [0.3, 0.4) is 0 Å². The Labute approximate surface area is 93.6 Å². The van der Waals surface area contributed by atoms with Crippen molar-refractivity contribution in [3.05, 3.63) is 23.5 Å². The molecule has 0 saturated heterocycles. The van der Waals surface area contributed by atoms with Crippen molar-refractivity contribution < 1.29 is 4.74 Å². The summed E-state index contributed by atoms with van der Waals surface area (Å²) in [5, 5.41) is 8.44. The van der Waals surface area contributed by atoms with Gasteiger partial charge >= 0.3 is 0 Å². The van der Waals surface area contributed by atoms with Crippen molar-refractivity contribution in [2.45, 2.75) is 13.5 Å². The number of hydrogen-bond acceptors (Lipinski definition) is 4. The lowest BCUT2D eigenvalue weighted by Gasteiger charge is -2.06. The second kappa shape index (κ2) is 3.88. The molecule has 16 heavy (non-hydrogen) atoms. The van der Waals surface area contributed by atoms with Gasteiger partial charge < -0.3 is 10.5 Å². The second-order valence-electron chi connectivity index (χ2n) is 3.61. The summed E-state index contributed by atoms with van der Waals surface area (Å²) in [6.07, 6.45) is 1.67. The van der Waals surface area contributed by atoms with Gasteiger partial charge in [0.25, 0.3) is 0 Å². The highest BCUT2D eigenvalue weighted by molar-refractivity contribution is 5.34. The summed E-state index contributed by atoms with van der Waals surface area (Å²) in [5.41, 5.74) is 7.69. The average molecular weight is 221 g/mol. The lowest BCUT2D eigenvalue weighted by atomic mass is 10.2. The molecule has 6 heteroatoms. The van der Waals surface area contributed by atoms with E-state index in [1.54, 1.807) is 28.7 Å². The van der Waals surface area contributed by atoms with E-state index in [-0.39, 0.29) is 0 Å². The first-order valence-corrected chi connectivity index (χ1v) is 4.97. The Bertz CT molecular complexity index is 499. The van der Waals surface area contributed by atoms with Crippen LogP contribution in [-0.2, 0) is 13.6 Å². The molecular weight excluding hydrogens is 206 g/mol. The van der Waals surface area contributed by atoms with E-state index >= 15 is 0 Å². The van der Waals surface area contributed by atoms with Crippen molar-refractivity contribution in [3.8, 4) is 5.88 Å². The molecule has 0 bridgehead atoms. The van der Waals surface area contributed by atoms with Gasteiger partial charge in [0.05, 0.1) is 31.1 Å². The van der Waals surface area contributed by atoms with E-state index in [1.807, 2.05) is 14.0 Å². The number of nitrogens with two attached hydrogens (primary N) is 1. The lowest BCUT2D eigenvalue weighted by molar-refractivity contribution is 0.368. The van der Waals surface area contributed by atoms with Gasteiger partial charge in [-0.15, -0.1) is 0 Å². The fourth-order valence-electron chi connectivity index (χ4n) is 1.74. The molecular formula is C10H15N5O. The molecule has 0 spiro atoms. The Morgan fingerprint density at radius 3 is 2.81 bits per heavy atom. The summed E-state index contributed by atoms with van der Waals surface area (Å²) in [4.78, 5) is 0. The third-order valence-electron chi connectivity index (χ3n) is 2.54. The average Bonchev–Trinajstić information content (AvgIpc) is 2.74. The third kappa shape index (κ3) is 1.62. The summed E-state index contributed by atoms with van der Waals surface area (Å²) in [6.45, 7) is 2.51. The van der Waals surface area contributed by atoms with E-state index in [1.165, 1.54) is 0 Å². The molecule has 0 amide bonds. The summed E-state index contributed by atoms with van der Waals surface area (Å²) < 4.78 is 8.73. The van der Waals surface area contributed by atoms with Crippen LogP contribution in [-0.4, -0.2) is 26.7 Å². The molecule has 0 radical (unpaired) electrons. The predicted molar refractivity (Wildman–Crippen MR) is 60.2 cm³/mol. The molecule has 0 fully saturated rings. The van der Waals surface area contributed by atoms with E-state index in [2.05, 4.69) is 10.2 Å². The number of nitrogens with zero attached hydrogens (tertiary/aromatic N) is 4. The van der Waals surface area contributed by atoms with Crippen LogP contribution in [0.1, 0.15) is 11.3 Å². The van der Waals surface area contributed by atoms with Crippen LogP contribution >= 0.6 is 0 Å². The molecule has 2 heterocycles. The monoisotopic (exact) mass is 221 g/mol. The maximum atomic E-state index is 5.77. The summed E-state index contributed by atoms with van der Waals surface area (Å²) in [6, 6.07) is 1.76. The molecule has 0 saturated carbocycles. The molecule has 0 atom stereocenters. The normalized spacial score (nSPS) is 10.7. The third-order valence-corrected chi connectivity index (χ3v) is 2.54. The zero-order valence-corrected chi connectivity index (χ0v) is 9.64. The second-order valence-corrected chi connectivity index (χ2v) is 3.61. The number of hydrogen-bond donors (Lipinski definition) is 1. The Morgan fingerprint density at radius 1 is 1.50 bits per heavy atom. The molecule has 2 rings (SSSR count). The van der Waals surface area contributed by atoms with Crippen molar-refractivity contribution in [1.29, 1.82) is 0 Å². The van der Waals surface area contributed by atoms with Crippen molar-refractivity contribution >= 4 is 5.82 Å². The lowest BCUT2D eigenvalue weighted by Crippen LogP contribution is -2.07. The highest BCUT2D eigenvalue weighted by Crippen LogP contribution is 2.22. The number of aryl methyl sites for hydroxylation is 2. The summed E-state index contributed by atoms with van der Waals surface area (Å²) in [5.74, 6) is 1.37. The molecule has 6 nitrogen and oxygen atoms in total. The van der Waals surface area contributed by atoms with Crippen molar-refractivity contribution in [3.63, 3.8) is 0 Å². The zero-order valence-electron chi connectivity index (χ0n) is 9.64. The van der Waals surface area contributed by atoms with Crippen LogP contribution in [0.15, 0.2) is 12.3 Å². The molecule has 2 N–H and O–H groups in total. The maximum Gasteiger partial charge on any atom is 0.216 e. The minimum atomic E-state index is 0.571. The Kier molecular flexibility index (Phi) is 2.55. The van der Waals surface area contributed by atoms with Gasteiger partial charge in [0.1, 0.15) is 5.82 Å². The van der Waals surface area contributed by atoms with Gasteiger partial charge in [-0.2, -0.15) is 10.2 Å². The SMILES string of the molecule is COc1c(Cn2nccc2N)c(C)nn1C. The van der Waals surface area contributed by atoms with Gasteiger partial charge in [-0.05, 0) is 13.0 Å². The number of methoxy groups -OCH3 is 1. The Balaban J connectivity index is 2.38. The van der Waals surface area contributed by atoms with E-state index in [0.29, 0.717) is 12.4 Å². The number of anilines is 1. The van der Waals surface area contributed by atoms with E-state index < -0.39 is 0 Å². The highest BCUT2D eigenvalue weighted by Gasteiger charge is 2.15. The largest absolute Gasteiger partial charge is 0.481 e. The molecule has 0 aliphatic heterocycles. The van der Waals surface area contributed by atoms with Crippen LogP contribution < -0.4 is 10.5 Å². The Hall–Kier alpha value is -1.98.